The maximum Gasteiger partial charge on any atom is 0.237 e. The minimum absolute atomic E-state index is 0.508. The third kappa shape index (κ3) is 4.07. The first-order valence-corrected chi connectivity index (χ1v) is 10.1. The van der Waals surface area contributed by atoms with Crippen LogP contribution in [0.4, 0.5) is 0 Å². The molecule has 2 heterocycles. The summed E-state index contributed by atoms with van der Waals surface area (Å²) >= 11 is 10.9. The summed E-state index contributed by atoms with van der Waals surface area (Å²) < 4.78 is 8.25. The summed E-state index contributed by atoms with van der Waals surface area (Å²) in [4.78, 5) is 4.45. The molecule has 0 unspecified atom stereocenters. The predicted octanol–water partition coefficient (Wildman–Crippen LogP) is 5.24. The second-order valence-electron chi connectivity index (χ2n) is 5.68. The molecule has 136 valence electrons. The number of nitrogens with zero attached hydrogens (tertiary/aromatic N) is 5. The van der Waals surface area contributed by atoms with E-state index in [4.69, 9.17) is 16.1 Å². The van der Waals surface area contributed by atoms with E-state index < -0.39 is 0 Å². The van der Waals surface area contributed by atoms with Gasteiger partial charge >= 0.3 is 0 Å². The van der Waals surface area contributed by atoms with E-state index in [9.17, 15) is 0 Å². The summed E-state index contributed by atoms with van der Waals surface area (Å²) in [7, 11) is 1.92. The first-order chi connectivity index (χ1) is 13.1. The van der Waals surface area contributed by atoms with Gasteiger partial charge in [0.1, 0.15) is 0 Å². The van der Waals surface area contributed by atoms with Crippen LogP contribution in [0.5, 0.6) is 0 Å². The fourth-order valence-corrected chi connectivity index (χ4v) is 3.75. The molecular weight excluding hydrogens is 450 g/mol. The van der Waals surface area contributed by atoms with Crippen LogP contribution in [0.15, 0.2) is 62.7 Å². The molecule has 0 aliphatic carbocycles. The maximum absolute atomic E-state index is 5.94. The second-order valence-corrected chi connectivity index (χ2v) is 7.98. The first kappa shape index (κ1) is 18.2. The highest BCUT2D eigenvalue weighted by Gasteiger charge is 2.14. The van der Waals surface area contributed by atoms with Gasteiger partial charge in [-0.05, 0) is 36.4 Å². The monoisotopic (exact) mass is 461 g/mol. The Balaban J connectivity index is 1.47. The number of hydrogen-bond donors (Lipinski definition) is 0. The van der Waals surface area contributed by atoms with Crippen LogP contribution in [0.2, 0.25) is 5.02 Å². The van der Waals surface area contributed by atoms with Crippen LogP contribution in [0.25, 0.3) is 22.8 Å². The highest BCUT2D eigenvalue weighted by molar-refractivity contribution is 9.10. The molecule has 2 aromatic heterocycles. The number of benzene rings is 2. The van der Waals surface area contributed by atoms with Gasteiger partial charge in [-0.15, -0.1) is 10.2 Å². The smallest absolute Gasteiger partial charge is 0.237 e. The molecular formula is C18H13BrClN5OS. The van der Waals surface area contributed by atoms with Crippen LogP contribution in [0.3, 0.4) is 0 Å². The fourth-order valence-electron chi connectivity index (χ4n) is 2.48. The Kier molecular flexibility index (Phi) is 5.29. The van der Waals surface area contributed by atoms with Crippen LogP contribution >= 0.6 is 39.3 Å². The van der Waals surface area contributed by atoms with Gasteiger partial charge in [0.15, 0.2) is 11.0 Å². The zero-order valence-corrected chi connectivity index (χ0v) is 17.3. The van der Waals surface area contributed by atoms with Crippen molar-refractivity contribution in [1.82, 2.24) is 24.9 Å². The van der Waals surface area contributed by atoms with E-state index in [0.29, 0.717) is 22.5 Å². The largest absolute Gasteiger partial charge is 0.338 e. The van der Waals surface area contributed by atoms with Crippen LogP contribution in [-0.2, 0) is 12.8 Å². The van der Waals surface area contributed by atoms with Gasteiger partial charge in [0.2, 0.25) is 11.7 Å². The molecule has 0 atom stereocenters. The summed E-state index contributed by atoms with van der Waals surface area (Å²) in [6.07, 6.45) is 0. The van der Waals surface area contributed by atoms with E-state index in [0.717, 1.165) is 26.6 Å². The number of aromatic nitrogens is 5. The Morgan fingerprint density at radius 2 is 1.93 bits per heavy atom. The zero-order valence-electron chi connectivity index (χ0n) is 14.1. The Hall–Kier alpha value is -2.16. The van der Waals surface area contributed by atoms with Crippen LogP contribution in [0, 0.1) is 0 Å². The second kappa shape index (κ2) is 7.84. The van der Waals surface area contributed by atoms with E-state index in [1.807, 2.05) is 60.1 Å². The quantitative estimate of drug-likeness (QED) is 0.378. The molecule has 0 N–H and O–H groups in total. The molecule has 2 aromatic carbocycles. The van der Waals surface area contributed by atoms with E-state index in [-0.39, 0.29) is 0 Å². The summed E-state index contributed by atoms with van der Waals surface area (Å²) in [5.41, 5.74) is 1.85. The summed E-state index contributed by atoms with van der Waals surface area (Å²) in [5.74, 6) is 2.38. The van der Waals surface area contributed by atoms with Crippen molar-refractivity contribution in [2.24, 2.45) is 7.05 Å². The lowest BCUT2D eigenvalue weighted by molar-refractivity contribution is 0.391. The molecule has 0 amide bonds. The molecule has 0 aliphatic rings. The molecule has 0 radical (unpaired) electrons. The standard InChI is InChI=1S/C18H13BrClN5OS/c1-25-17(11-5-7-14(20)8-6-11)22-23-18(25)27-10-15-21-16(24-26-15)12-3-2-4-13(19)9-12/h2-9H,10H2,1H3. The summed E-state index contributed by atoms with van der Waals surface area (Å²) in [5, 5.41) is 14.0. The Bertz CT molecular complexity index is 1080. The topological polar surface area (TPSA) is 69.6 Å². The molecule has 9 heteroatoms. The SMILES string of the molecule is Cn1c(SCc2nc(-c3cccc(Br)c3)no2)nnc1-c1ccc(Cl)cc1. The summed E-state index contributed by atoms with van der Waals surface area (Å²) in [6.45, 7) is 0. The van der Waals surface area contributed by atoms with Gasteiger partial charge in [-0.3, -0.25) is 0 Å². The average Bonchev–Trinajstić information content (AvgIpc) is 3.28. The number of rotatable bonds is 5. The molecule has 0 saturated carbocycles. The van der Waals surface area contributed by atoms with Crippen LogP contribution in [0.1, 0.15) is 5.89 Å². The van der Waals surface area contributed by atoms with E-state index in [1.165, 1.54) is 11.8 Å². The lowest BCUT2D eigenvalue weighted by atomic mass is 10.2. The predicted molar refractivity (Wildman–Crippen MR) is 108 cm³/mol. The Morgan fingerprint density at radius 3 is 2.70 bits per heavy atom. The van der Waals surface area contributed by atoms with Crippen molar-refractivity contribution in [2.75, 3.05) is 0 Å². The molecule has 27 heavy (non-hydrogen) atoms. The molecule has 4 rings (SSSR count). The zero-order chi connectivity index (χ0) is 18.8. The molecule has 4 aromatic rings. The van der Waals surface area contributed by atoms with Gasteiger partial charge in [-0.1, -0.05) is 56.6 Å². The highest BCUT2D eigenvalue weighted by Crippen LogP contribution is 2.27. The van der Waals surface area contributed by atoms with E-state index in [2.05, 4.69) is 36.3 Å². The van der Waals surface area contributed by atoms with Crippen molar-refractivity contribution in [3.8, 4) is 22.8 Å². The van der Waals surface area contributed by atoms with Crippen molar-refractivity contribution in [3.05, 3.63) is 63.9 Å². The molecule has 0 aliphatic heterocycles. The molecule has 0 spiro atoms. The van der Waals surface area contributed by atoms with E-state index in [1.54, 1.807) is 0 Å². The van der Waals surface area contributed by atoms with Gasteiger partial charge in [0.25, 0.3) is 0 Å². The van der Waals surface area contributed by atoms with Crippen molar-refractivity contribution in [3.63, 3.8) is 0 Å². The van der Waals surface area contributed by atoms with Crippen molar-refractivity contribution >= 4 is 39.3 Å². The molecule has 0 bridgehead atoms. The number of thioether (sulfide) groups is 1. The minimum atomic E-state index is 0.508. The third-order valence-corrected chi connectivity index (χ3v) is 5.56. The van der Waals surface area contributed by atoms with Crippen LogP contribution < -0.4 is 0 Å². The fraction of sp³-hybridized carbons (Fsp3) is 0.111. The van der Waals surface area contributed by atoms with Crippen LogP contribution in [-0.4, -0.2) is 24.9 Å². The van der Waals surface area contributed by atoms with Crippen molar-refractivity contribution < 1.29 is 4.52 Å². The van der Waals surface area contributed by atoms with Gasteiger partial charge < -0.3 is 9.09 Å². The number of halogens is 2. The summed E-state index contributed by atoms with van der Waals surface area (Å²) in [6, 6.07) is 15.3. The molecule has 6 nitrogen and oxygen atoms in total. The van der Waals surface area contributed by atoms with E-state index >= 15 is 0 Å². The molecule has 0 saturated heterocycles. The van der Waals surface area contributed by atoms with Gasteiger partial charge in [-0.25, -0.2) is 0 Å². The normalized spacial score (nSPS) is 11.1. The van der Waals surface area contributed by atoms with Crippen molar-refractivity contribution in [1.29, 1.82) is 0 Å². The maximum atomic E-state index is 5.94. The highest BCUT2D eigenvalue weighted by atomic mass is 79.9. The molecule has 0 fully saturated rings. The van der Waals surface area contributed by atoms with Gasteiger partial charge in [0.05, 0.1) is 5.75 Å². The first-order valence-electron chi connectivity index (χ1n) is 7.97. The number of hydrogen-bond acceptors (Lipinski definition) is 6. The van der Waals surface area contributed by atoms with Crippen molar-refractivity contribution in [2.45, 2.75) is 10.9 Å². The third-order valence-electron chi connectivity index (χ3n) is 3.81. The lowest BCUT2D eigenvalue weighted by Gasteiger charge is -2.03. The van der Waals surface area contributed by atoms with Gasteiger partial charge in [-0.2, -0.15) is 4.98 Å². The van der Waals surface area contributed by atoms with Gasteiger partial charge in [0, 0.05) is 27.7 Å². The Labute approximate surface area is 173 Å². The minimum Gasteiger partial charge on any atom is -0.338 e. The lowest BCUT2D eigenvalue weighted by Crippen LogP contribution is -1.95. The average molecular weight is 463 g/mol. The Morgan fingerprint density at radius 1 is 1.11 bits per heavy atom.